The fourth-order valence-electron chi connectivity index (χ4n) is 3.70. The zero-order valence-corrected chi connectivity index (χ0v) is 16.2. The van der Waals surface area contributed by atoms with Gasteiger partial charge in [0.2, 0.25) is 11.9 Å². The van der Waals surface area contributed by atoms with Gasteiger partial charge in [-0.15, -0.1) is 0 Å². The molecule has 1 aromatic heterocycles. The number of rotatable bonds is 3. The molecule has 4 rings (SSSR count). The summed E-state index contributed by atoms with van der Waals surface area (Å²) in [6, 6.07) is 14.6. The molecular weight excluding hydrogens is 370 g/mol. The lowest BCUT2D eigenvalue weighted by atomic mass is 9.91. The average molecular weight is 393 g/mol. The number of nitrogens with one attached hydrogen (secondary N) is 1. The number of aromatic nitrogens is 1. The summed E-state index contributed by atoms with van der Waals surface area (Å²) in [7, 11) is 1.29. The van der Waals surface area contributed by atoms with E-state index in [2.05, 4.69) is 15.2 Å². The monoisotopic (exact) mass is 393 g/mol. The smallest absolute Gasteiger partial charge is 0.320 e. The average Bonchev–Trinajstić information content (AvgIpc) is 2.79. The van der Waals surface area contributed by atoms with E-state index in [9.17, 15) is 9.59 Å². The van der Waals surface area contributed by atoms with E-state index in [0.29, 0.717) is 19.0 Å². The first-order valence-corrected chi connectivity index (χ1v) is 9.60. The summed E-state index contributed by atoms with van der Waals surface area (Å²) in [5.41, 5.74) is 0.808. The number of guanidine groups is 1. The van der Waals surface area contributed by atoms with E-state index in [1.54, 1.807) is 6.20 Å². The number of amides is 1. The summed E-state index contributed by atoms with van der Waals surface area (Å²) in [5.74, 6) is -0.526. The van der Waals surface area contributed by atoms with E-state index in [-0.39, 0.29) is 5.91 Å². The number of carbonyl (C=O) groups excluding carboxylic acids is 2. The minimum atomic E-state index is -0.999. The van der Waals surface area contributed by atoms with Crippen LogP contribution in [0.3, 0.4) is 0 Å². The highest BCUT2D eigenvalue weighted by Crippen LogP contribution is 2.30. The predicted molar refractivity (Wildman–Crippen MR) is 108 cm³/mol. The van der Waals surface area contributed by atoms with Crippen LogP contribution < -0.4 is 10.2 Å². The summed E-state index contributed by atoms with van der Waals surface area (Å²) in [4.78, 5) is 38.4. The minimum absolute atomic E-state index is 0.386. The Morgan fingerprint density at radius 2 is 1.72 bits per heavy atom. The second-order valence-electron chi connectivity index (χ2n) is 6.96. The van der Waals surface area contributed by atoms with Gasteiger partial charge < -0.3 is 14.5 Å². The fourth-order valence-corrected chi connectivity index (χ4v) is 3.70. The third-order valence-corrected chi connectivity index (χ3v) is 5.24. The SMILES string of the molecule is COC(=O)C1C(=O)NC(N2CCN(c3ccccn3)CC2)=NC1c1ccccc1. The molecule has 2 atom stereocenters. The highest BCUT2D eigenvalue weighted by molar-refractivity contribution is 6.08. The van der Waals surface area contributed by atoms with Crippen molar-refractivity contribution in [2.75, 3.05) is 38.2 Å². The van der Waals surface area contributed by atoms with Gasteiger partial charge in [0.15, 0.2) is 5.92 Å². The Morgan fingerprint density at radius 1 is 1.03 bits per heavy atom. The molecule has 1 saturated heterocycles. The van der Waals surface area contributed by atoms with Gasteiger partial charge in [0, 0.05) is 32.4 Å². The van der Waals surface area contributed by atoms with Gasteiger partial charge in [-0.2, -0.15) is 0 Å². The van der Waals surface area contributed by atoms with Crippen molar-refractivity contribution in [3.8, 4) is 0 Å². The van der Waals surface area contributed by atoms with E-state index in [4.69, 9.17) is 9.73 Å². The first-order chi connectivity index (χ1) is 14.2. The van der Waals surface area contributed by atoms with E-state index in [1.165, 1.54) is 7.11 Å². The Labute approximate surface area is 169 Å². The highest BCUT2D eigenvalue weighted by atomic mass is 16.5. The maximum absolute atomic E-state index is 12.8. The Hall–Kier alpha value is -3.42. The van der Waals surface area contributed by atoms with Crippen molar-refractivity contribution >= 4 is 23.7 Å². The number of anilines is 1. The Balaban J connectivity index is 1.55. The molecule has 3 heterocycles. The molecule has 1 fully saturated rings. The first-order valence-electron chi connectivity index (χ1n) is 9.60. The molecule has 0 radical (unpaired) electrons. The van der Waals surface area contributed by atoms with Crippen LogP contribution in [0, 0.1) is 5.92 Å². The quantitative estimate of drug-likeness (QED) is 0.623. The van der Waals surface area contributed by atoms with Crippen molar-refractivity contribution in [3.05, 3.63) is 60.3 Å². The molecular formula is C21H23N5O3. The molecule has 0 aliphatic carbocycles. The number of methoxy groups -OCH3 is 1. The van der Waals surface area contributed by atoms with Gasteiger partial charge in [-0.1, -0.05) is 36.4 Å². The van der Waals surface area contributed by atoms with Gasteiger partial charge >= 0.3 is 5.97 Å². The maximum atomic E-state index is 12.8. The van der Waals surface area contributed by atoms with Gasteiger partial charge in [0.05, 0.1) is 7.11 Å². The Kier molecular flexibility index (Phi) is 5.41. The first kappa shape index (κ1) is 18.9. The molecule has 2 unspecified atom stereocenters. The minimum Gasteiger partial charge on any atom is -0.468 e. The van der Waals surface area contributed by atoms with Gasteiger partial charge in [-0.25, -0.2) is 9.98 Å². The standard InChI is InChI=1S/C21H23N5O3/c1-29-20(28)17-18(15-7-3-2-4-8-15)23-21(24-19(17)27)26-13-11-25(12-14-26)16-9-5-6-10-22-16/h2-10,17-18H,11-14H2,1H3,(H,23,24,27). The second kappa shape index (κ2) is 8.30. The molecule has 8 heteroatoms. The van der Waals surface area contributed by atoms with Crippen molar-refractivity contribution in [1.82, 2.24) is 15.2 Å². The van der Waals surface area contributed by atoms with Crippen molar-refractivity contribution in [2.24, 2.45) is 10.9 Å². The summed E-state index contributed by atoms with van der Waals surface area (Å²) in [6.07, 6.45) is 1.78. The second-order valence-corrected chi connectivity index (χ2v) is 6.96. The normalized spacial score (nSPS) is 22.0. The number of nitrogens with zero attached hydrogens (tertiary/aromatic N) is 4. The predicted octanol–water partition coefficient (Wildman–Crippen LogP) is 1.22. The molecule has 2 aliphatic rings. The van der Waals surface area contributed by atoms with Crippen LogP contribution in [-0.2, 0) is 14.3 Å². The molecule has 0 spiro atoms. The Bertz CT molecular complexity index is 895. The van der Waals surface area contributed by atoms with E-state index in [0.717, 1.165) is 24.5 Å². The zero-order valence-electron chi connectivity index (χ0n) is 16.2. The highest BCUT2D eigenvalue weighted by Gasteiger charge is 2.41. The number of piperazine rings is 1. The van der Waals surface area contributed by atoms with E-state index < -0.39 is 17.9 Å². The summed E-state index contributed by atoms with van der Waals surface area (Å²) in [6.45, 7) is 2.92. The lowest BCUT2D eigenvalue weighted by Crippen LogP contribution is -2.57. The number of esters is 1. The molecule has 8 nitrogen and oxygen atoms in total. The van der Waals surface area contributed by atoms with Crippen LogP contribution >= 0.6 is 0 Å². The van der Waals surface area contributed by atoms with Crippen LogP contribution in [0.4, 0.5) is 5.82 Å². The van der Waals surface area contributed by atoms with Crippen LogP contribution in [0.2, 0.25) is 0 Å². The lowest BCUT2D eigenvalue weighted by Gasteiger charge is -2.39. The number of ether oxygens (including phenoxy) is 1. The van der Waals surface area contributed by atoms with Gasteiger partial charge in [0.1, 0.15) is 11.9 Å². The van der Waals surface area contributed by atoms with Crippen LogP contribution in [0.25, 0.3) is 0 Å². The Morgan fingerprint density at radius 3 is 2.38 bits per heavy atom. The largest absolute Gasteiger partial charge is 0.468 e. The third-order valence-electron chi connectivity index (χ3n) is 5.24. The third kappa shape index (κ3) is 3.91. The van der Waals surface area contributed by atoms with Gasteiger partial charge in [0.25, 0.3) is 0 Å². The van der Waals surface area contributed by atoms with Crippen LogP contribution in [0.15, 0.2) is 59.7 Å². The van der Waals surface area contributed by atoms with E-state index in [1.807, 2.05) is 53.4 Å². The molecule has 1 N–H and O–H groups in total. The van der Waals surface area contributed by atoms with E-state index >= 15 is 0 Å². The van der Waals surface area contributed by atoms with Crippen LogP contribution in [-0.4, -0.2) is 61.0 Å². The van der Waals surface area contributed by atoms with Crippen molar-refractivity contribution in [2.45, 2.75) is 6.04 Å². The number of pyridine rings is 1. The lowest BCUT2D eigenvalue weighted by molar-refractivity contribution is -0.151. The number of carbonyl (C=O) groups is 2. The number of aliphatic imine (C=N–C) groups is 1. The molecule has 2 aliphatic heterocycles. The summed E-state index contributed by atoms with van der Waals surface area (Å²) >= 11 is 0. The van der Waals surface area contributed by atoms with Crippen molar-refractivity contribution < 1.29 is 14.3 Å². The van der Waals surface area contributed by atoms with Crippen LogP contribution in [0.1, 0.15) is 11.6 Å². The fraction of sp³-hybridized carbons (Fsp3) is 0.333. The molecule has 1 amide bonds. The summed E-state index contributed by atoms with van der Waals surface area (Å²) in [5, 5.41) is 2.81. The molecule has 0 bridgehead atoms. The van der Waals surface area contributed by atoms with Gasteiger partial charge in [-0.05, 0) is 17.7 Å². The van der Waals surface area contributed by atoms with Crippen molar-refractivity contribution in [3.63, 3.8) is 0 Å². The topological polar surface area (TPSA) is 87.1 Å². The zero-order chi connectivity index (χ0) is 20.2. The van der Waals surface area contributed by atoms with Crippen molar-refractivity contribution in [1.29, 1.82) is 0 Å². The molecule has 29 heavy (non-hydrogen) atoms. The number of benzene rings is 1. The number of hydrogen-bond acceptors (Lipinski definition) is 7. The molecule has 2 aromatic rings. The van der Waals surface area contributed by atoms with Crippen LogP contribution in [0.5, 0.6) is 0 Å². The number of hydrogen-bond donors (Lipinski definition) is 1. The molecule has 1 aromatic carbocycles. The maximum Gasteiger partial charge on any atom is 0.320 e. The molecule has 150 valence electrons. The van der Waals surface area contributed by atoms with Gasteiger partial charge in [-0.3, -0.25) is 14.9 Å². The molecule has 0 saturated carbocycles. The summed E-state index contributed by atoms with van der Waals surface area (Å²) < 4.78 is 4.86.